The lowest BCUT2D eigenvalue weighted by molar-refractivity contribution is -0.220. The maximum atomic E-state index is 12.8. The summed E-state index contributed by atoms with van der Waals surface area (Å²) in [6.45, 7) is 2.97. The first-order valence-corrected chi connectivity index (χ1v) is 26.1. The molecule has 0 spiro atoms. The fraction of sp³-hybridized carbons (Fsp3) is 0.686. The number of carbonyl (C=O) groups excluding carboxylic acids is 2. The molecule has 0 aromatic heterocycles. The van der Waals surface area contributed by atoms with Crippen molar-refractivity contribution in [2.24, 2.45) is 0 Å². The molecule has 0 amide bonds. The minimum absolute atomic E-state index is 0.0608. The lowest BCUT2D eigenvalue weighted by Gasteiger charge is -2.41. The number of allylic oxidation sites excluding steroid dienone is 13. The first kappa shape index (κ1) is 62.0. The van der Waals surface area contributed by atoms with E-state index in [2.05, 4.69) is 80.7 Å². The second-order valence-electron chi connectivity index (χ2n) is 16.9. The molecule has 0 saturated heterocycles. The van der Waals surface area contributed by atoms with Crippen LogP contribution in [0.4, 0.5) is 0 Å². The lowest BCUT2D eigenvalue weighted by atomic mass is 9.85. The third kappa shape index (κ3) is 31.7. The van der Waals surface area contributed by atoms with Crippen molar-refractivity contribution in [1.29, 1.82) is 0 Å². The van der Waals surface area contributed by atoms with Crippen molar-refractivity contribution in [2.75, 3.05) is 13.2 Å². The van der Waals surface area contributed by atoms with Gasteiger partial charge in [0.05, 0.1) is 18.8 Å². The number of aliphatic hydroxyl groups excluding tert-OH is 7. The number of carbonyl (C=O) groups is 2. The van der Waals surface area contributed by atoms with Gasteiger partial charge in [-0.05, 0) is 96.3 Å². The van der Waals surface area contributed by atoms with E-state index in [0.717, 1.165) is 57.8 Å². The average molecular weight is 969 g/mol. The quantitative estimate of drug-likeness (QED) is 0.0126. The molecule has 5 unspecified atom stereocenters. The first-order valence-electron chi connectivity index (χ1n) is 24.6. The molecule has 8 N–H and O–H groups in total. The molecule has 0 aromatic carbocycles. The van der Waals surface area contributed by atoms with Gasteiger partial charge < -0.3 is 50.1 Å². The van der Waals surface area contributed by atoms with Crippen molar-refractivity contribution in [3.63, 3.8) is 0 Å². The molecule has 1 rings (SSSR count). The van der Waals surface area contributed by atoms with Crippen molar-refractivity contribution >= 4 is 19.8 Å². The van der Waals surface area contributed by atoms with E-state index in [1.807, 2.05) is 12.2 Å². The van der Waals surface area contributed by atoms with E-state index in [0.29, 0.717) is 12.8 Å². The number of unbranched alkanes of at least 4 members (excludes halogenated alkanes) is 9. The highest BCUT2D eigenvalue weighted by molar-refractivity contribution is 7.47. The molecular formula is C51H85O15P. The van der Waals surface area contributed by atoms with Crippen LogP contribution in [-0.2, 0) is 32.7 Å². The number of phosphoric ester groups is 1. The van der Waals surface area contributed by atoms with Crippen LogP contribution < -0.4 is 0 Å². The standard InChI is InChI=1S/C51H85O15P/c1-3-5-7-9-11-13-15-17-18-19-20-21-22-23-25-27-29-31-33-37-44(54)63-39-41(40-64-67(61,62)66-51-49(59)47(57)46(56)48(58)50(51)60)65-45(55)38-34-36-43(53)42(52)35-32-30-28-26-24-16-14-12-10-8-6-4-2/h11-14,17-18,20-21,23-26,30,32,41-43,46-53,56-60H,3-10,15-16,19,22,27-29,31,33-40H2,1-2H3,(H,61,62)/b13-11-,14-12-,18-17-,21-20-,25-23-,26-24-,32-30-/t41-,42?,43?,46?,47-,48+,49-,50-,51?/m1/s1. The van der Waals surface area contributed by atoms with Crippen LogP contribution in [-0.4, -0.2) is 121 Å². The van der Waals surface area contributed by atoms with Gasteiger partial charge in [0.25, 0.3) is 0 Å². The highest BCUT2D eigenvalue weighted by Gasteiger charge is 2.51. The Balaban J connectivity index is 2.58. The van der Waals surface area contributed by atoms with Gasteiger partial charge in [0.15, 0.2) is 6.10 Å². The van der Waals surface area contributed by atoms with Crippen LogP contribution >= 0.6 is 7.82 Å². The summed E-state index contributed by atoms with van der Waals surface area (Å²) in [4.78, 5) is 35.8. The molecule has 0 heterocycles. The average Bonchev–Trinajstić information content (AvgIpc) is 3.30. The number of esters is 2. The van der Waals surface area contributed by atoms with Gasteiger partial charge in [-0.15, -0.1) is 0 Å². The Bertz CT molecular complexity index is 1530. The number of phosphoric acid groups is 1. The van der Waals surface area contributed by atoms with Crippen molar-refractivity contribution in [3.05, 3.63) is 85.1 Å². The summed E-state index contributed by atoms with van der Waals surface area (Å²) in [5.74, 6) is -1.43. The van der Waals surface area contributed by atoms with E-state index in [-0.39, 0.29) is 32.1 Å². The number of hydrogen-bond donors (Lipinski definition) is 8. The van der Waals surface area contributed by atoms with Crippen molar-refractivity contribution in [3.8, 4) is 0 Å². The topological polar surface area (TPSA) is 250 Å². The first-order chi connectivity index (χ1) is 32.2. The molecular weight excluding hydrogens is 884 g/mol. The third-order valence-corrected chi connectivity index (χ3v) is 11.9. The van der Waals surface area contributed by atoms with E-state index in [1.54, 1.807) is 6.08 Å². The molecule has 0 bridgehead atoms. The van der Waals surface area contributed by atoms with E-state index < -0.39 is 87.9 Å². The van der Waals surface area contributed by atoms with Gasteiger partial charge in [-0.2, -0.15) is 0 Å². The number of ether oxygens (including phenoxy) is 2. The molecule has 1 saturated carbocycles. The molecule has 384 valence electrons. The summed E-state index contributed by atoms with van der Waals surface area (Å²) in [7, 11) is -5.22. The maximum Gasteiger partial charge on any atom is 0.472 e. The predicted octanol–water partition coefficient (Wildman–Crippen LogP) is 8.00. The van der Waals surface area contributed by atoms with Crippen LogP contribution in [0.1, 0.15) is 155 Å². The number of hydrogen-bond acceptors (Lipinski definition) is 14. The zero-order chi connectivity index (χ0) is 49.5. The zero-order valence-electron chi connectivity index (χ0n) is 40.1. The lowest BCUT2D eigenvalue weighted by Crippen LogP contribution is -2.64. The Kier molecular flexibility index (Phi) is 36.8. The Morgan fingerprint density at radius 2 is 0.955 bits per heavy atom. The Morgan fingerprint density at radius 3 is 1.45 bits per heavy atom. The Hall–Kier alpha value is -3.05. The minimum atomic E-state index is -5.22. The van der Waals surface area contributed by atoms with Gasteiger partial charge in [-0.25, -0.2) is 4.57 Å². The molecule has 16 heteroatoms. The van der Waals surface area contributed by atoms with E-state index in [1.165, 1.54) is 38.5 Å². The maximum absolute atomic E-state index is 12.8. The molecule has 0 aliphatic heterocycles. The van der Waals surface area contributed by atoms with Crippen molar-refractivity contribution in [1.82, 2.24) is 0 Å². The Morgan fingerprint density at radius 1 is 0.522 bits per heavy atom. The summed E-state index contributed by atoms with van der Waals surface area (Å²) in [6, 6.07) is 0. The van der Waals surface area contributed by atoms with E-state index in [4.69, 9.17) is 18.5 Å². The minimum Gasteiger partial charge on any atom is -0.462 e. The second kappa shape index (κ2) is 39.8. The molecule has 1 fully saturated rings. The van der Waals surface area contributed by atoms with Gasteiger partial charge in [-0.1, -0.05) is 131 Å². The molecule has 1 aliphatic rings. The highest BCUT2D eigenvalue weighted by atomic mass is 31.2. The third-order valence-electron chi connectivity index (χ3n) is 10.9. The summed E-state index contributed by atoms with van der Waals surface area (Å²) in [5.41, 5.74) is 0. The van der Waals surface area contributed by atoms with Gasteiger partial charge in [0.2, 0.25) is 0 Å². The van der Waals surface area contributed by atoms with Crippen LogP contribution in [0, 0.1) is 0 Å². The summed E-state index contributed by atoms with van der Waals surface area (Å²) in [5, 5.41) is 71.1. The number of rotatable bonds is 39. The van der Waals surface area contributed by atoms with Crippen molar-refractivity contribution in [2.45, 2.75) is 210 Å². The normalized spacial score (nSPS) is 22.8. The van der Waals surface area contributed by atoms with Gasteiger partial charge >= 0.3 is 19.8 Å². The molecule has 67 heavy (non-hydrogen) atoms. The molecule has 0 aromatic rings. The largest absolute Gasteiger partial charge is 0.472 e. The van der Waals surface area contributed by atoms with Crippen molar-refractivity contribution < 1.29 is 73.3 Å². The zero-order valence-corrected chi connectivity index (χ0v) is 41.0. The summed E-state index contributed by atoms with van der Waals surface area (Å²) in [6.07, 6.45) is 30.6. The Labute approximate surface area is 400 Å². The summed E-state index contributed by atoms with van der Waals surface area (Å²) < 4.78 is 33.3. The smallest absolute Gasteiger partial charge is 0.462 e. The fourth-order valence-corrected chi connectivity index (χ4v) is 7.76. The predicted molar refractivity (Wildman–Crippen MR) is 260 cm³/mol. The van der Waals surface area contributed by atoms with Crippen LogP contribution in [0.5, 0.6) is 0 Å². The molecule has 1 aliphatic carbocycles. The molecule has 10 atom stereocenters. The highest BCUT2D eigenvalue weighted by Crippen LogP contribution is 2.47. The van der Waals surface area contributed by atoms with Gasteiger partial charge in [0.1, 0.15) is 43.2 Å². The molecule has 15 nitrogen and oxygen atoms in total. The fourth-order valence-electron chi connectivity index (χ4n) is 6.78. The van der Waals surface area contributed by atoms with Crippen LogP contribution in [0.3, 0.4) is 0 Å². The summed E-state index contributed by atoms with van der Waals surface area (Å²) >= 11 is 0. The number of aliphatic hydroxyl groups is 7. The monoisotopic (exact) mass is 969 g/mol. The van der Waals surface area contributed by atoms with Crippen LogP contribution in [0.2, 0.25) is 0 Å². The van der Waals surface area contributed by atoms with Gasteiger partial charge in [-0.3, -0.25) is 18.6 Å². The SMILES string of the molecule is CCCCC/C=C\C/C=C\C/C=C\C/C=C\CCCCCC(=O)OC[C@H](COP(=O)(O)OC1[C@H](O)[C@H](O)C(O)[C@H](O)[C@H]1O)OC(=O)CCCC(O)C(O)C/C=C\C/C=C\C/C=C\CCCCC. The van der Waals surface area contributed by atoms with Crippen LogP contribution in [0.25, 0.3) is 0 Å². The molecule has 0 radical (unpaired) electrons. The van der Waals surface area contributed by atoms with E-state index in [9.17, 15) is 54.8 Å². The van der Waals surface area contributed by atoms with E-state index >= 15 is 0 Å². The van der Waals surface area contributed by atoms with Crippen LogP contribution in [0.15, 0.2) is 85.1 Å². The van der Waals surface area contributed by atoms with Gasteiger partial charge in [0, 0.05) is 12.8 Å². The second-order valence-corrected chi connectivity index (χ2v) is 18.3.